The molecule has 4 rings (SSSR count). The number of hydrogen-bond acceptors (Lipinski definition) is 5. The molecule has 0 saturated carbocycles. The van der Waals surface area contributed by atoms with Crippen LogP contribution in [-0.4, -0.2) is 54.0 Å². The van der Waals surface area contributed by atoms with Crippen molar-refractivity contribution >= 4 is 28.8 Å². The maximum absolute atomic E-state index is 13.3. The van der Waals surface area contributed by atoms with E-state index in [0.717, 1.165) is 66.0 Å². The Hall–Kier alpha value is -2.41. The standard InChI is InChI=1S/C24H26ClN3O2S/c1-17-22(31-23(26-17)19-5-3-6-20(25)15-19)24(29)28-12-4-11-27(13-14-28)16-18-7-9-21(30-2)10-8-18/h3,5-10,15H,4,11-14,16H2,1-2H3. The SMILES string of the molecule is COc1ccc(CN2CCCN(C(=O)c3sc(-c4cccc(Cl)c4)nc3C)CC2)cc1. The molecule has 7 heteroatoms. The first-order valence-corrected chi connectivity index (χ1v) is 11.6. The summed E-state index contributed by atoms with van der Waals surface area (Å²) in [5.41, 5.74) is 2.98. The summed E-state index contributed by atoms with van der Waals surface area (Å²) in [5.74, 6) is 0.947. The maximum atomic E-state index is 13.3. The third-order valence-electron chi connectivity index (χ3n) is 5.50. The maximum Gasteiger partial charge on any atom is 0.265 e. The van der Waals surface area contributed by atoms with Gasteiger partial charge < -0.3 is 9.64 Å². The van der Waals surface area contributed by atoms with Crippen LogP contribution in [0.1, 0.15) is 27.3 Å². The minimum atomic E-state index is 0.0783. The summed E-state index contributed by atoms with van der Waals surface area (Å²) in [7, 11) is 1.68. The van der Waals surface area contributed by atoms with Crippen molar-refractivity contribution in [3.8, 4) is 16.3 Å². The Morgan fingerprint density at radius 3 is 2.68 bits per heavy atom. The minimum Gasteiger partial charge on any atom is -0.497 e. The van der Waals surface area contributed by atoms with Crippen LogP contribution in [0, 0.1) is 6.92 Å². The third-order valence-corrected chi connectivity index (χ3v) is 6.93. The van der Waals surface area contributed by atoms with Gasteiger partial charge in [-0.25, -0.2) is 4.98 Å². The lowest BCUT2D eigenvalue weighted by molar-refractivity contribution is 0.0765. The quantitative estimate of drug-likeness (QED) is 0.535. The molecule has 31 heavy (non-hydrogen) atoms. The van der Waals surface area contributed by atoms with Gasteiger partial charge in [-0.1, -0.05) is 35.9 Å². The number of nitrogens with zero attached hydrogens (tertiary/aromatic N) is 3. The van der Waals surface area contributed by atoms with Crippen LogP contribution < -0.4 is 4.74 Å². The van der Waals surface area contributed by atoms with E-state index in [-0.39, 0.29) is 5.91 Å². The fraction of sp³-hybridized carbons (Fsp3) is 0.333. The molecule has 5 nitrogen and oxygen atoms in total. The summed E-state index contributed by atoms with van der Waals surface area (Å²) in [4.78, 5) is 23.0. The van der Waals surface area contributed by atoms with E-state index in [2.05, 4.69) is 22.0 Å². The predicted molar refractivity (Wildman–Crippen MR) is 126 cm³/mol. The van der Waals surface area contributed by atoms with Gasteiger partial charge >= 0.3 is 0 Å². The summed E-state index contributed by atoms with van der Waals surface area (Å²) in [6, 6.07) is 15.8. The molecule has 1 aromatic heterocycles. The number of thiazole rings is 1. The zero-order valence-electron chi connectivity index (χ0n) is 17.8. The molecule has 1 saturated heterocycles. The van der Waals surface area contributed by atoms with E-state index < -0.39 is 0 Å². The smallest absolute Gasteiger partial charge is 0.265 e. The molecular weight excluding hydrogens is 430 g/mol. The van der Waals surface area contributed by atoms with Crippen LogP contribution in [0.2, 0.25) is 5.02 Å². The normalized spacial score (nSPS) is 15.0. The van der Waals surface area contributed by atoms with Crippen LogP contribution in [-0.2, 0) is 6.54 Å². The largest absolute Gasteiger partial charge is 0.497 e. The van der Waals surface area contributed by atoms with Crippen LogP contribution >= 0.6 is 22.9 Å². The van der Waals surface area contributed by atoms with Crippen molar-refractivity contribution in [2.75, 3.05) is 33.3 Å². The van der Waals surface area contributed by atoms with Crippen LogP contribution in [0.25, 0.3) is 10.6 Å². The second-order valence-corrected chi connectivity index (χ2v) is 9.15. The first-order chi connectivity index (χ1) is 15.0. The van der Waals surface area contributed by atoms with Crippen LogP contribution in [0.4, 0.5) is 0 Å². The molecule has 0 spiro atoms. The van der Waals surface area contributed by atoms with Gasteiger partial charge in [-0.3, -0.25) is 9.69 Å². The zero-order valence-corrected chi connectivity index (χ0v) is 19.4. The topological polar surface area (TPSA) is 45.7 Å². The van der Waals surface area contributed by atoms with Crippen molar-refractivity contribution in [2.24, 2.45) is 0 Å². The van der Waals surface area contributed by atoms with Gasteiger partial charge in [-0.15, -0.1) is 11.3 Å². The van der Waals surface area contributed by atoms with Gasteiger partial charge in [0.2, 0.25) is 0 Å². The summed E-state index contributed by atoms with van der Waals surface area (Å²) >= 11 is 7.57. The van der Waals surface area contributed by atoms with Crippen molar-refractivity contribution in [3.05, 3.63) is 69.7 Å². The summed E-state index contributed by atoms with van der Waals surface area (Å²) in [6.07, 6.45) is 0.959. The monoisotopic (exact) mass is 455 g/mol. The number of methoxy groups -OCH3 is 1. The van der Waals surface area contributed by atoms with E-state index in [0.29, 0.717) is 5.02 Å². The summed E-state index contributed by atoms with van der Waals surface area (Å²) < 4.78 is 5.24. The number of benzene rings is 2. The fourth-order valence-electron chi connectivity index (χ4n) is 3.80. The highest BCUT2D eigenvalue weighted by Gasteiger charge is 2.24. The molecule has 1 aliphatic heterocycles. The number of halogens is 1. The first kappa shape index (κ1) is 21.8. The highest BCUT2D eigenvalue weighted by Crippen LogP contribution is 2.30. The van der Waals surface area contributed by atoms with Crippen molar-refractivity contribution in [1.82, 2.24) is 14.8 Å². The van der Waals surface area contributed by atoms with E-state index in [1.54, 1.807) is 7.11 Å². The Morgan fingerprint density at radius 1 is 1.13 bits per heavy atom. The van der Waals surface area contributed by atoms with Gasteiger partial charge in [-0.05, 0) is 43.2 Å². The third kappa shape index (κ3) is 5.26. The molecule has 1 aliphatic rings. The fourth-order valence-corrected chi connectivity index (χ4v) is 5.03. The van der Waals surface area contributed by atoms with Crippen molar-refractivity contribution in [2.45, 2.75) is 19.9 Å². The van der Waals surface area contributed by atoms with Gasteiger partial charge in [0.15, 0.2) is 0 Å². The number of hydrogen-bond donors (Lipinski definition) is 0. The molecule has 0 atom stereocenters. The van der Waals surface area contributed by atoms with Crippen molar-refractivity contribution < 1.29 is 9.53 Å². The Kier molecular flexibility index (Phi) is 6.90. The molecule has 0 aliphatic carbocycles. The molecule has 0 N–H and O–H groups in total. The van der Waals surface area contributed by atoms with Crippen molar-refractivity contribution in [1.29, 1.82) is 0 Å². The average molecular weight is 456 g/mol. The van der Waals surface area contributed by atoms with E-state index >= 15 is 0 Å². The summed E-state index contributed by atoms with van der Waals surface area (Å²) in [6.45, 7) is 6.11. The Balaban J connectivity index is 1.41. The van der Waals surface area contributed by atoms with Crippen LogP contribution in [0.3, 0.4) is 0 Å². The van der Waals surface area contributed by atoms with Gasteiger partial charge in [0.1, 0.15) is 15.6 Å². The number of ether oxygens (including phenoxy) is 1. The molecule has 2 heterocycles. The number of amides is 1. The van der Waals surface area contributed by atoms with Gasteiger partial charge in [0.25, 0.3) is 5.91 Å². The Bertz CT molecular complexity index is 1050. The molecule has 1 fully saturated rings. The second-order valence-electron chi connectivity index (χ2n) is 7.71. The lowest BCUT2D eigenvalue weighted by Gasteiger charge is -2.22. The lowest BCUT2D eigenvalue weighted by atomic mass is 10.2. The number of aromatic nitrogens is 1. The number of aryl methyl sites for hydroxylation is 1. The van der Waals surface area contributed by atoms with E-state index in [1.807, 2.05) is 48.2 Å². The first-order valence-electron chi connectivity index (χ1n) is 10.4. The van der Waals surface area contributed by atoms with Crippen LogP contribution in [0.15, 0.2) is 48.5 Å². The molecular formula is C24H26ClN3O2S. The highest BCUT2D eigenvalue weighted by atomic mass is 35.5. The van der Waals surface area contributed by atoms with Crippen LogP contribution in [0.5, 0.6) is 5.75 Å². The highest BCUT2D eigenvalue weighted by molar-refractivity contribution is 7.17. The minimum absolute atomic E-state index is 0.0783. The summed E-state index contributed by atoms with van der Waals surface area (Å²) in [5, 5.41) is 1.50. The second kappa shape index (κ2) is 9.81. The van der Waals surface area contributed by atoms with Gasteiger partial charge in [0.05, 0.1) is 12.8 Å². The number of carbonyl (C=O) groups excluding carboxylic acids is 1. The van der Waals surface area contributed by atoms with Crippen molar-refractivity contribution in [3.63, 3.8) is 0 Å². The molecule has 0 radical (unpaired) electrons. The van der Waals surface area contributed by atoms with Gasteiger partial charge in [-0.2, -0.15) is 0 Å². The molecule has 3 aromatic rings. The predicted octanol–water partition coefficient (Wildman–Crippen LogP) is 5.13. The lowest BCUT2D eigenvalue weighted by Crippen LogP contribution is -2.35. The molecule has 0 bridgehead atoms. The zero-order chi connectivity index (χ0) is 21.8. The van der Waals surface area contributed by atoms with E-state index in [4.69, 9.17) is 16.3 Å². The van der Waals surface area contributed by atoms with E-state index in [9.17, 15) is 4.79 Å². The molecule has 2 aromatic carbocycles. The molecule has 1 amide bonds. The Morgan fingerprint density at radius 2 is 1.94 bits per heavy atom. The molecule has 162 valence electrons. The van der Waals surface area contributed by atoms with Gasteiger partial charge in [0, 0.05) is 43.3 Å². The number of rotatable bonds is 5. The average Bonchev–Trinajstić information content (AvgIpc) is 3.02. The Labute approximate surface area is 192 Å². The molecule has 0 unspecified atom stereocenters. The van der Waals surface area contributed by atoms with E-state index in [1.165, 1.54) is 16.9 Å². The number of carbonyl (C=O) groups is 1.